The van der Waals surface area contributed by atoms with Gasteiger partial charge in [-0.1, -0.05) is 0 Å². The van der Waals surface area contributed by atoms with Crippen molar-refractivity contribution in [3.05, 3.63) is 17.3 Å². The number of nitrogens with zero attached hydrogens (tertiary/aromatic N) is 3. The first kappa shape index (κ1) is 16.0. The monoisotopic (exact) mass is 305 g/mol. The third kappa shape index (κ3) is 3.26. The van der Waals surface area contributed by atoms with Gasteiger partial charge in [-0.25, -0.2) is 0 Å². The van der Waals surface area contributed by atoms with Crippen molar-refractivity contribution in [3.8, 4) is 0 Å². The fourth-order valence-electron chi connectivity index (χ4n) is 2.64. The first-order chi connectivity index (χ1) is 9.81. The number of rotatable bonds is 4. The van der Waals surface area contributed by atoms with E-state index >= 15 is 0 Å². The molecule has 1 aromatic rings. The highest BCUT2D eigenvalue weighted by molar-refractivity contribution is 5.49. The fourth-order valence-corrected chi connectivity index (χ4v) is 2.64. The maximum Gasteiger partial charge on any atom is 0.420 e. The van der Waals surface area contributed by atoms with Gasteiger partial charge in [0.25, 0.3) is 0 Å². The molecule has 0 amide bonds. The van der Waals surface area contributed by atoms with Crippen LogP contribution < -0.4 is 4.90 Å². The fraction of sp³-hybridized carbons (Fsp3) is 0.692. The van der Waals surface area contributed by atoms with E-state index in [9.17, 15) is 18.3 Å². The molecule has 1 N–H and O–H groups in total. The summed E-state index contributed by atoms with van der Waals surface area (Å²) < 4.78 is 44.5. The van der Waals surface area contributed by atoms with Gasteiger partial charge in [-0.3, -0.25) is 0 Å². The lowest BCUT2D eigenvalue weighted by Gasteiger charge is -2.27. The summed E-state index contributed by atoms with van der Waals surface area (Å²) in [4.78, 5) is 1.52. The van der Waals surface area contributed by atoms with Crippen molar-refractivity contribution in [2.75, 3.05) is 38.3 Å². The predicted molar refractivity (Wildman–Crippen MR) is 70.0 cm³/mol. The van der Waals surface area contributed by atoms with Crippen LogP contribution in [0.3, 0.4) is 0 Å². The van der Waals surface area contributed by atoms with Gasteiger partial charge in [0.15, 0.2) is 5.82 Å². The smallest absolute Gasteiger partial charge is 0.396 e. The molecule has 1 saturated heterocycles. The molecule has 5 nitrogen and oxygen atoms in total. The van der Waals surface area contributed by atoms with E-state index in [0.29, 0.717) is 19.6 Å². The molecule has 8 heteroatoms. The van der Waals surface area contributed by atoms with E-state index in [0.717, 1.165) is 6.07 Å². The van der Waals surface area contributed by atoms with Crippen molar-refractivity contribution >= 4 is 5.82 Å². The zero-order chi connectivity index (χ0) is 15.7. The van der Waals surface area contributed by atoms with Crippen LogP contribution in [0.15, 0.2) is 6.07 Å². The van der Waals surface area contributed by atoms with E-state index in [1.165, 1.54) is 18.9 Å². The summed E-state index contributed by atoms with van der Waals surface area (Å²) in [5, 5.41) is 17.0. The lowest BCUT2D eigenvalue weighted by atomic mass is 9.89. The third-order valence-corrected chi connectivity index (χ3v) is 3.73. The second kappa shape index (κ2) is 5.76. The Kier molecular flexibility index (Phi) is 4.38. The summed E-state index contributed by atoms with van der Waals surface area (Å²) in [6.07, 6.45) is -3.94. The Morgan fingerprint density at radius 1 is 1.43 bits per heavy atom. The molecule has 0 bridgehead atoms. The van der Waals surface area contributed by atoms with E-state index in [1.807, 2.05) is 0 Å². The molecule has 1 atom stereocenters. The van der Waals surface area contributed by atoms with Crippen LogP contribution in [0.25, 0.3) is 0 Å². The van der Waals surface area contributed by atoms with E-state index in [2.05, 4.69) is 10.2 Å². The number of aryl methyl sites for hydroxylation is 1. The zero-order valence-corrected chi connectivity index (χ0v) is 11.9. The van der Waals surface area contributed by atoms with Crippen LogP contribution in [0, 0.1) is 12.3 Å². The van der Waals surface area contributed by atoms with E-state index < -0.39 is 17.2 Å². The average Bonchev–Trinajstić information content (AvgIpc) is 2.83. The summed E-state index contributed by atoms with van der Waals surface area (Å²) in [7, 11) is 1.51. The van der Waals surface area contributed by atoms with E-state index in [4.69, 9.17) is 4.74 Å². The molecule has 0 aromatic carbocycles. The summed E-state index contributed by atoms with van der Waals surface area (Å²) >= 11 is 0. The predicted octanol–water partition coefficient (Wildman–Crippen LogP) is 1.64. The lowest BCUT2D eigenvalue weighted by Crippen LogP contribution is -2.35. The number of alkyl halides is 3. The highest BCUT2D eigenvalue weighted by Gasteiger charge is 2.42. The normalized spacial score (nSPS) is 22.9. The SMILES string of the molecule is COCC1(CO)CCN(c2nnc(C)cc2C(F)(F)F)C1. The molecule has 0 spiro atoms. The Hall–Kier alpha value is -1.41. The molecule has 0 aliphatic carbocycles. The van der Waals surface area contributed by atoms with Gasteiger partial charge in [-0.2, -0.15) is 18.3 Å². The maximum absolute atomic E-state index is 13.1. The third-order valence-electron chi connectivity index (χ3n) is 3.73. The Morgan fingerprint density at radius 2 is 2.14 bits per heavy atom. The lowest BCUT2D eigenvalue weighted by molar-refractivity contribution is -0.137. The minimum Gasteiger partial charge on any atom is -0.396 e. The van der Waals surface area contributed by atoms with Gasteiger partial charge in [0.05, 0.1) is 18.9 Å². The number of aliphatic hydroxyl groups excluding tert-OH is 1. The minimum atomic E-state index is -4.48. The molecule has 1 aliphatic rings. The largest absolute Gasteiger partial charge is 0.420 e. The first-order valence-corrected chi connectivity index (χ1v) is 6.57. The van der Waals surface area contributed by atoms with Crippen LogP contribution in [-0.2, 0) is 10.9 Å². The molecule has 0 radical (unpaired) electrons. The number of ether oxygens (including phenoxy) is 1. The van der Waals surface area contributed by atoms with Gasteiger partial charge in [-0.05, 0) is 19.4 Å². The number of hydrogen-bond acceptors (Lipinski definition) is 5. The number of halogens is 3. The summed E-state index contributed by atoms with van der Waals surface area (Å²) in [5.41, 5.74) is -1.12. The van der Waals surface area contributed by atoms with Gasteiger partial charge in [0, 0.05) is 25.6 Å². The summed E-state index contributed by atoms with van der Waals surface area (Å²) in [6.45, 7) is 2.26. The summed E-state index contributed by atoms with van der Waals surface area (Å²) in [6, 6.07) is 0.998. The molecule has 1 fully saturated rings. The Balaban J connectivity index is 2.32. The van der Waals surface area contributed by atoms with Crippen molar-refractivity contribution in [1.82, 2.24) is 10.2 Å². The van der Waals surface area contributed by atoms with Crippen LogP contribution in [0.1, 0.15) is 17.7 Å². The molecule has 1 aromatic heterocycles. The van der Waals surface area contributed by atoms with Gasteiger partial charge >= 0.3 is 6.18 Å². The Labute approximate surface area is 120 Å². The van der Waals surface area contributed by atoms with Crippen molar-refractivity contribution in [3.63, 3.8) is 0 Å². The minimum absolute atomic E-state index is 0.141. The average molecular weight is 305 g/mol. The van der Waals surface area contributed by atoms with Crippen LogP contribution in [0.4, 0.5) is 19.0 Å². The molecule has 1 aliphatic heterocycles. The van der Waals surface area contributed by atoms with Crippen molar-refractivity contribution in [2.24, 2.45) is 5.41 Å². The van der Waals surface area contributed by atoms with Gasteiger partial charge < -0.3 is 14.7 Å². The number of methoxy groups -OCH3 is 1. The Morgan fingerprint density at radius 3 is 2.71 bits per heavy atom. The van der Waals surface area contributed by atoms with E-state index in [-0.39, 0.29) is 24.7 Å². The molecule has 21 heavy (non-hydrogen) atoms. The Bertz CT molecular complexity index is 510. The van der Waals surface area contributed by atoms with Crippen LogP contribution in [-0.4, -0.2) is 48.7 Å². The molecular weight excluding hydrogens is 287 g/mol. The topological polar surface area (TPSA) is 58.5 Å². The van der Waals surface area contributed by atoms with Crippen molar-refractivity contribution in [1.29, 1.82) is 0 Å². The quantitative estimate of drug-likeness (QED) is 0.916. The summed E-state index contributed by atoms with van der Waals surface area (Å²) in [5.74, 6) is -0.181. The number of anilines is 1. The molecular formula is C13H18F3N3O2. The van der Waals surface area contributed by atoms with Crippen LogP contribution >= 0.6 is 0 Å². The first-order valence-electron chi connectivity index (χ1n) is 6.57. The van der Waals surface area contributed by atoms with Gasteiger partial charge in [-0.15, -0.1) is 5.10 Å². The zero-order valence-electron chi connectivity index (χ0n) is 11.9. The van der Waals surface area contributed by atoms with Gasteiger partial charge in [0.1, 0.15) is 5.56 Å². The van der Waals surface area contributed by atoms with Gasteiger partial charge in [0.2, 0.25) is 0 Å². The standard InChI is InChI=1S/C13H18F3N3O2/c1-9-5-10(13(14,15)16)11(18-17-9)19-4-3-12(6-19,7-20)8-21-2/h5,20H,3-4,6-8H2,1-2H3. The molecule has 2 heterocycles. The van der Waals surface area contributed by atoms with Crippen molar-refractivity contribution in [2.45, 2.75) is 19.5 Å². The molecule has 2 rings (SSSR count). The van der Waals surface area contributed by atoms with Crippen LogP contribution in [0.5, 0.6) is 0 Å². The maximum atomic E-state index is 13.1. The molecule has 118 valence electrons. The number of hydrogen-bond donors (Lipinski definition) is 1. The molecule has 1 unspecified atom stereocenters. The molecule has 0 saturated carbocycles. The number of aromatic nitrogens is 2. The van der Waals surface area contributed by atoms with Crippen molar-refractivity contribution < 1.29 is 23.0 Å². The van der Waals surface area contributed by atoms with Crippen LogP contribution in [0.2, 0.25) is 0 Å². The highest BCUT2D eigenvalue weighted by Crippen LogP contribution is 2.39. The number of aliphatic hydroxyl groups is 1. The van der Waals surface area contributed by atoms with E-state index in [1.54, 1.807) is 0 Å². The second-order valence-corrected chi connectivity index (χ2v) is 5.48. The highest BCUT2D eigenvalue weighted by atomic mass is 19.4. The second-order valence-electron chi connectivity index (χ2n) is 5.48.